The number of carbonyl (C=O) groups excluding carboxylic acids is 1. The first kappa shape index (κ1) is 14.1. The first-order valence-corrected chi connectivity index (χ1v) is 6.30. The van der Waals surface area contributed by atoms with Crippen molar-refractivity contribution in [3.05, 3.63) is 26.7 Å². The molecule has 0 saturated heterocycles. The van der Waals surface area contributed by atoms with Gasteiger partial charge < -0.3 is 14.9 Å². The lowest BCUT2D eigenvalue weighted by Crippen LogP contribution is -1.98. The van der Waals surface area contributed by atoms with Crippen LogP contribution in [-0.2, 0) is 9.53 Å². The number of phenolic OH excluding ortho intramolecular Hbond substituents is 2. The third kappa shape index (κ3) is 3.47. The molecule has 0 amide bonds. The number of ether oxygens (including phenoxy) is 1. The van der Waals surface area contributed by atoms with E-state index < -0.39 is 5.97 Å². The van der Waals surface area contributed by atoms with Gasteiger partial charge in [0, 0.05) is 11.6 Å². The Kier molecular flexibility index (Phi) is 5.02. The third-order valence-electron chi connectivity index (χ3n) is 1.88. The fourth-order valence-corrected chi connectivity index (χ4v) is 2.25. The molecule has 1 aromatic rings. The van der Waals surface area contributed by atoms with Gasteiger partial charge in [0.1, 0.15) is 16.0 Å². The summed E-state index contributed by atoms with van der Waals surface area (Å²) in [6, 6.07) is 1.49. The predicted octanol–water partition coefficient (Wildman–Crippen LogP) is 3.20. The van der Waals surface area contributed by atoms with Crippen LogP contribution in [0, 0.1) is 0 Å². The van der Waals surface area contributed by atoms with E-state index in [4.69, 9.17) is 4.74 Å². The topological polar surface area (TPSA) is 66.8 Å². The highest BCUT2D eigenvalue weighted by atomic mass is 79.9. The Morgan fingerprint density at radius 1 is 1.41 bits per heavy atom. The van der Waals surface area contributed by atoms with Gasteiger partial charge >= 0.3 is 5.97 Å². The predicted molar refractivity (Wildman–Crippen MR) is 70.8 cm³/mol. The van der Waals surface area contributed by atoms with Gasteiger partial charge in [0.25, 0.3) is 0 Å². The molecule has 0 heterocycles. The van der Waals surface area contributed by atoms with Crippen molar-refractivity contribution >= 4 is 43.9 Å². The molecule has 17 heavy (non-hydrogen) atoms. The number of rotatable bonds is 3. The molecule has 0 fully saturated rings. The molecule has 1 aromatic carbocycles. The Labute approximate surface area is 115 Å². The number of phenols is 2. The molecule has 0 saturated carbocycles. The molecule has 0 aromatic heterocycles. The van der Waals surface area contributed by atoms with Gasteiger partial charge in [-0.25, -0.2) is 4.79 Å². The van der Waals surface area contributed by atoms with Crippen molar-refractivity contribution in [3.63, 3.8) is 0 Å². The van der Waals surface area contributed by atoms with Gasteiger partial charge in [-0.2, -0.15) is 0 Å². The summed E-state index contributed by atoms with van der Waals surface area (Å²) in [5.41, 5.74) is 0.384. The summed E-state index contributed by atoms with van der Waals surface area (Å²) < 4.78 is 5.28. The molecule has 0 aliphatic rings. The van der Waals surface area contributed by atoms with Crippen LogP contribution in [0.5, 0.6) is 11.5 Å². The Morgan fingerprint density at radius 3 is 2.65 bits per heavy atom. The van der Waals surface area contributed by atoms with Crippen molar-refractivity contribution in [2.75, 3.05) is 6.61 Å². The third-order valence-corrected chi connectivity index (χ3v) is 3.24. The Bertz CT molecular complexity index is 469. The van der Waals surface area contributed by atoms with E-state index in [2.05, 4.69) is 31.9 Å². The van der Waals surface area contributed by atoms with Gasteiger partial charge in [0.15, 0.2) is 0 Å². The number of halogens is 2. The lowest BCUT2D eigenvalue weighted by atomic mass is 10.2. The fourth-order valence-electron chi connectivity index (χ4n) is 1.09. The number of benzene rings is 1. The van der Waals surface area contributed by atoms with Gasteiger partial charge in [0.2, 0.25) is 0 Å². The lowest BCUT2D eigenvalue weighted by molar-refractivity contribution is -0.137. The summed E-state index contributed by atoms with van der Waals surface area (Å²) in [5, 5.41) is 19.2. The molecule has 0 bridgehead atoms. The second-order valence-electron chi connectivity index (χ2n) is 3.04. The minimum Gasteiger partial charge on any atom is -0.506 e. The Hall–Kier alpha value is -1.01. The van der Waals surface area contributed by atoms with Crippen LogP contribution in [0.3, 0.4) is 0 Å². The van der Waals surface area contributed by atoms with Crippen LogP contribution in [0.2, 0.25) is 0 Å². The minimum absolute atomic E-state index is 0.101. The number of hydrogen-bond donors (Lipinski definition) is 2. The number of esters is 1. The first-order valence-electron chi connectivity index (χ1n) is 4.72. The van der Waals surface area contributed by atoms with E-state index >= 15 is 0 Å². The lowest BCUT2D eigenvalue weighted by Gasteiger charge is -2.06. The number of carbonyl (C=O) groups is 1. The molecule has 0 aliphatic carbocycles. The molecular weight excluding hydrogens is 356 g/mol. The van der Waals surface area contributed by atoms with Crippen LogP contribution in [0.4, 0.5) is 0 Å². The average molecular weight is 366 g/mol. The van der Waals surface area contributed by atoms with Crippen LogP contribution in [0.25, 0.3) is 6.08 Å². The molecular formula is C11H10Br2O4. The Morgan fingerprint density at radius 2 is 2.06 bits per heavy atom. The SMILES string of the molecule is CCOC(=O)/C=C/c1cc(Br)c(O)c(Br)c1O. The molecule has 0 atom stereocenters. The van der Waals surface area contributed by atoms with Crippen LogP contribution in [-0.4, -0.2) is 22.8 Å². The van der Waals surface area contributed by atoms with E-state index in [0.29, 0.717) is 10.0 Å². The molecule has 0 aliphatic heterocycles. The molecule has 0 radical (unpaired) electrons. The molecule has 92 valence electrons. The van der Waals surface area contributed by atoms with E-state index in [1.165, 1.54) is 18.2 Å². The van der Waals surface area contributed by atoms with Crippen molar-refractivity contribution in [1.82, 2.24) is 0 Å². The van der Waals surface area contributed by atoms with Gasteiger partial charge in [-0.15, -0.1) is 0 Å². The highest BCUT2D eigenvalue weighted by molar-refractivity contribution is 9.11. The van der Waals surface area contributed by atoms with E-state index in [1.54, 1.807) is 6.92 Å². The smallest absolute Gasteiger partial charge is 0.330 e. The highest BCUT2D eigenvalue weighted by Gasteiger charge is 2.12. The summed E-state index contributed by atoms with van der Waals surface area (Å²) >= 11 is 6.17. The van der Waals surface area contributed by atoms with E-state index in [1.807, 2.05) is 0 Å². The van der Waals surface area contributed by atoms with Crippen molar-refractivity contribution in [3.8, 4) is 11.5 Å². The van der Waals surface area contributed by atoms with Gasteiger partial charge in [-0.05, 0) is 50.9 Å². The van der Waals surface area contributed by atoms with E-state index in [0.717, 1.165) is 0 Å². The first-order chi connectivity index (χ1) is 7.97. The molecule has 1 rings (SSSR count). The van der Waals surface area contributed by atoms with Crippen molar-refractivity contribution < 1.29 is 19.7 Å². The zero-order chi connectivity index (χ0) is 13.0. The fraction of sp³-hybridized carbons (Fsp3) is 0.182. The van der Waals surface area contributed by atoms with Crippen molar-refractivity contribution in [1.29, 1.82) is 0 Å². The summed E-state index contributed by atoms with van der Waals surface area (Å²) in [4.78, 5) is 11.1. The van der Waals surface area contributed by atoms with Crippen molar-refractivity contribution in [2.45, 2.75) is 6.92 Å². The second-order valence-corrected chi connectivity index (χ2v) is 4.69. The van der Waals surface area contributed by atoms with Gasteiger partial charge in [-0.3, -0.25) is 0 Å². The standard InChI is InChI=1S/C11H10Br2O4/c1-2-17-8(14)4-3-6-5-7(12)11(16)9(13)10(6)15/h3-5,15-16H,2H2,1H3/b4-3+. The average Bonchev–Trinajstić information content (AvgIpc) is 2.30. The maximum absolute atomic E-state index is 11.1. The number of aromatic hydroxyl groups is 2. The van der Waals surface area contributed by atoms with E-state index in [9.17, 15) is 15.0 Å². The second kappa shape index (κ2) is 6.07. The molecule has 2 N–H and O–H groups in total. The van der Waals surface area contributed by atoms with Gasteiger partial charge in [0.05, 0.1) is 11.1 Å². The van der Waals surface area contributed by atoms with Crippen LogP contribution in [0.1, 0.15) is 12.5 Å². The van der Waals surface area contributed by atoms with Crippen LogP contribution in [0.15, 0.2) is 21.1 Å². The normalized spacial score (nSPS) is 10.8. The van der Waals surface area contributed by atoms with Crippen LogP contribution >= 0.6 is 31.9 Å². The van der Waals surface area contributed by atoms with E-state index in [-0.39, 0.29) is 22.6 Å². The quantitative estimate of drug-likeness (QED) is 0.637. The zero-order valence-electron chi connectivity index (χ0n) is 8.91. The zero-order valence-corrected chi connectivity index (χ0v) is 12.1. The molecule has 6 heteroatoms. The molecule has 4 nitrogen and oxygen atoms in total. The monoisotopic (exact) mass is 364 g/mol. The van der Waals surface area contributed by atoms with Gasteiger partial charge in [-0.1, -0.05) is 0 Å². The molecule has 0 spiro atoms. The summed E-state index contributed by atoms with van der Waals surface area (Å²) in [5.74, 6) is -0.741. The maximum Gasteiger partial charge on any atom is 0.330 e. The van der Waals surface area contributed by atoms with Crippen LogP contribution < -0.4 is 0 Å². The minimum atomic E-state index is -0.493. The molecule has 0 unspecified atom stereocenters. The number of hydrogen-bond acceptors (Lipinski definition) is 4. The largest absolute Gasteiger partial charge is 0.506 e. The summed E-state index contributed by atoms with van der Waals surface area (Å²) in [6.07, 6.45) is 2.61. The Balaban J connectivity index is 3.04. The maximum atomic E-state index is 11.1. The highest BCUT2D eigenvalue weighted by Crippen LogP contribution is 2.41. The summed E-state index contributed by atoms with van der Waals surface area (Å²) in [6.45, 7) is 2.00. The van der Waals surface area contributed by atoms with Crippen molar-refractivity contribution in [2.24, 2.45) is 0 Å². The summed E-state index contributed by atoms with van der Waals surface area (Å²) in [7, 11) is 0.